The summed E-state index contributed by atoms with van der Waals surface area (Å²) in [5.74, 6) is -0.0549. The normalized spacial score (nSPS) is 21.8. The summed E-state index contributed by atoms with van der Waals surface area (Å²) in [6.45, 7) is 6.56. The van der Waals surface area contributed by atoms with Gasteiger partial charge in [-0.2, -0.15) is 8.42 Å². The molecule has 1 saturated heterocycles. The Morgan fingerprint density at radius 3 is 2.52 bits per heavy atom. The summed E-state index contributed by atoms with van der Waals surface area (Å²) < 4.78 is 40.9. The van der Waals surface area contributed by atoms with E-state index in [9.17, 15) is 8.42 Å². The van der Waals surface area contributed by atoms with Crippen LogP contribution in [0.3, 0.4) is 0 Å². The lowest BCUT2D eigenvalue weighted by molar-refractivity contribution is -0.194. The standard InChI is InChI=1S/C17H26O5S/c1-13-7-9-16(10-8-13)23(18,19)21-12-14(2)15(3)22-17-6-4-5-11-20-17/h7-10,14-15,17H,4-6,11-12H2,1-3H3/t14-,15-,17?/m0/s1. The van der Waals surface area contributed by atoms with Crippen LogP contribution in [0.2, 0.25) is 0 Å². The van der Waals surface area contributed by atoms with Crippen molar-refractivity contribution >= 4 is 10.1 Å². The molecular weight excluding hydrogens is 316 g/mol. The minimum atomic E-state index is -3.73. The monoisotopic (exact) mass is 342 g/mol. The van der Waals surface area contributed by atoms with Crippen LogP contribution in [0.1, 0.15) is 38.7 Å². The fraction of sp³-hybridized carbons (Fsp3) is 0.647. The molecule has 1 aromatic rings. The first-order valence-electron chi connectivity index (χ1n) is 8.11. The third-order valence-corrected chi connectivity index (χ3v) is 5.40. The Morgan fingerprint density at radius 1 is 1.22 bits per heavy atom. The van der Waals surface area contributed by atoms with Gasteiger partial charge in [-0.3, -0.25) is 4.18 Å². The summed E-state index contributed by atoms with van der Waals surface area (Å²) in [4.78, 5) is 0.180. The zero-order valence-corrected chi connectivity index (χ0v) is 14.8. The lowest BCUT2D eigenvalue weighted by Crippen LogP contribution is -2.31. The predicted molar refractivity (Wildman–Crippen MR) is 87.6 cm³/mol. The Labute approximate surface area is 139 Å². The zero-order valence-electron chi connectivity index (χ0n) is 14.0. The van der Waals surface area contributed by atoms with Gasteiger partial charge in [-0.25, -0.2) is 0 Å². The average Bonchev–Trinajstić information content (AvgIpc) is 2.54. The smallest absolute Gasteiger partial charge is 0.296 e. The van der Waals surface area contributed by atoms with Gasteiger partial charge in [0.25, 0.3) is 10.1 Å². The molecule has 5 nitrogen and oxygen atoms in total. The minimum Gasteiger partial charge on any atom is -0.353 e. The molecule has 130 valence electrons. The Kier molecular flexibility index (Phi) is 6.59. The second kappa shape index (κ2) is 8.24. The first-order valence-corrected chi connectivity index (χ1v) is 9.52. The molecule has 6 heteroatoms. The maximum Gasteiger partial charge on any atom is 0.296 e. The molecule has 1 aliphatic heterocycles. The van der Waals surface area contributed by atoms with E-state index in [1.54, 1.807) is 24.3 Å². The fourth-order valence-electron chi connectivity index (χ4n) is 2.30. The molecule has 1 fully saturated rings. The van der Waals surface area contributed by atoms with Crippen LogP contribution in [0.4, 0.5) is 0 Å². The van der Waals surface area contributed by atoms with Gasteiger partial charge in [0.15, 0.2) is 6.29 Å². The van der Waals surface area contributed by atoms with Crippen molar-refractivity contribution in [2.45, 2.75) is 57.3 Å². The number of rotatable bonds is 7. The number of hydrogen-bond donors (Lipinski definition) is 0. The van der Waals surface area contributed by atoms with E-state index in [2.05, 4.69) is 0 Å². The SMILES string of the molecule is Cc1ccc(S(=O)(=O)OC[C@H](C)[C@H](C)OC2CCCCO2)cc1. The van der Waals surface area contributed by atoms with E-state index in [-0.39, 0.29) is 29.8 Å². The number of ether oxygens (including phenoxy) is 2. The highest BCUT2D eigenvalue weighted by atomic mass is 32.2. The summed E-state index contributed by atoms with van der Waals surface area (Å²) in [6.07, 6.45) is 2.74. The summed E-state index contributed by atoms with van der Waals surface area (Å²) in [7, 11) is -3.73. The molecule has 2 rings (SSSR count). The van der Waals surface area contributed by atoms with Gasteiger partial charge in [0.2, 0.25) is 0 Å². The second-order valence-corrected chi connectivity index (χ2v) is 7.78. The highest BCUT2D eigenvalue weighted by Crippen LogP contribution is 2.20. The van der Waals surface area contributed by atoms with Crippen LogP contribution in [0.25, 0.3) is 0 Å². The number of aryl methyl sites for hydroxylation is 1. The minimum absolute atomic E-state index is 0.0549. The van der Waals surface area contributed by atoms with Crippen molar-refractivity contribution in [2.24, 2.45) is 5.92 Å². The van der Waals surface area contributed by atoms with Gasteiger partial charge in [-0.1, -0.05) is 24.6 Å². The molecule has 0 aromatic heterocycles. The van der Waals surface area contributed by atoms with Crippen molar-refractivity contribution in [1.29, 1.82) is 0 Å². The molecule has 0 bridgehead atoms. The molecule has 1 heterocycles. The molecule has 0 saturated carbocycles. The van der Waals surface area contributed by atoms with Crippen molar-refractivity contribution in [3.8, 4) is 0 Å². The first kappa shape index (κ1) is 18.4. The van der Waals surface area contributed by atoms with Crippen molar-refractivity contribution in [3.05, 3.63) is 29.8 Å². The predicted octanol–water partition coefficient (Wildman–Crippen LogP) is 3.27. The highest BCUT2D eigenvalue weighted by Gasteiger charge is 2.23. The van der Waals surface area contributed by atoms with Crippen molar-refractivity contribution in [1.82, 2.24) is 0 Å². The van der Waals surface area contributed by atoms with E-state index in [0.29, 0.717) is 0 Å². The van der Waals surface area contributed by atoms with Crippen LogP contribution in [0.5, 0.6) is 0 Å². The molecule has 1 unspecified atom stereocenters. The van der Waals surface area contributed by atoms with E-state index in [1.807, 2.05) is 20.8 Å². The van der Waals surface area contributed by atoms with Gasteiger partial charge in [0.05, 0.1) is 17.6 Å². The van der Waals surface area contributed by atoms with E-state index < -0.39 is 10.1 Å². The molecular formula is C17H26O5S. The zero-order chi connectivity index (χ0) is 16.9. The first-order chi connectivity index (χ1) is 10.9. The van der Waals surface area contributed by atoms with Gasteiger partial charge in [0.1, 0.15) is 0 Å². The lowest BCUT2D eigenvalue weighted by Gasteiger charge is -2.28. The van der Waals surface area contributed by atoms with Crippen LogP contribution in [0.15, 0.2) is 29.2 Å². The molecule has 1 aliphatic rings. The molecule has 0 spiro atoms. The van der Waals surface area contributed by atoms with Crippen molar-refractivity contribution in [3.63, 3.8) is 0 Å². The highest BCUT2D eigenvalue weighted by molar-refractivity contribution is 7.86. The van der Waals surface area contributed by atoms with E-state index in [4.69, 9.17) is 13.7 Å². The number of hydrogen-bond acceptors (Lipinski definition) is 5. The van der Waals surface area contributed by atoms with E-state index in [0.717, 1.165) is 31.4 Å². The fourth-order valence-corrected chi connectivity index (χ4v) is 3.30. The molecule has 0 aliphatic carbocycles. The summed E-state index contributed by atoms with van der Waals surface area (Å²) in [6, 6.07) is 6.63. The Hall–Kier alpha value is -0.950. The van der Waals surface area contributed by atoms with Crippen LogP contribution in [-0.4, -0.2) is 34.0 Å². The topological polar surface area (TPSA) is 61.8 Å². The third kappa shape index (κ3) is 5.57. The molecule has 0 N–H and O–H groups in total. The molecule has 0 amide bonds. The summed E-state index contributed by atoms with van der Waals surface area (Å²) in [5, 5.41) is 0. The van der Waals surface area contributed by atoms with E-state index in [1.165, 1.54) is 0 Å². The Balaban J connectivity index is 1.84. The lowest BCUT2D eigenvalue weighted by atomic mass is 10.1. The van der Waals surface area contributed by atoms with Gasteiger partial charge in [-0.15, -0.1) is 0 Å². The van der Waals surface area contributed by atoms with Crippen LogP contribution in [-0.2, 0) is 23.8 Å². The molecule has 0 radical (unpaired) electrons. The molecule has 3 atom stereocenters. The maximum absolute atomic E-state index is 12.2. The average molecular weight is 342 g/mol. The van der Waals surface area contributed by atoms with Crippen molar-refractivity contribution in [2.75, 3.05) is 13.2 Å². The summed E-state index contributed by atoms with van der Waals surface area (Å²) in [5.41, 5.74) is 1.01. The Morgan fingerprint density at radius 2 is 1.91 bits per heavy atom. The van der Waals surface area contributed by atoms with Crippen LogP contribution in [0, 0.1) is 12.8 Å². The third-order valence-electron chi connectivity index (χ3n) is 4.10. The van der Waals surface area contributed by atoms with Gasteiger partial charge in [0, 0.05) is 12.5 Å². The van der Waals surface area contributed by atoms with Gasteiger partial charge < -0.3 is 9.47 Å². The Bertz CT molecular complexity index is 576. The molecule has 1 aromatic carbocycles. The molecule has 23 heavy (non-hydrogen) atoms. The van der Waals surface area contributed by atoms with Crippen LogP contribution < -0.4 is 0 Å². The van der Waals surface area contributed by atoms with Gasteiger partial charge in [-0.05, 0) is 45.2 Å². The quantitative estimate of drug-likeness (QED) is 0.712. The summed E-state index contributed by atoms with van der Waals surface area (Å²) >= 11 is 0. The maximum atomic E-state index is 12.2. The second-order valence-electron chi connectivity index (χ2n) is 6.17. The van der Waals surface area contributed by atoms with Crippen molar-refractivity contribution < 1.29 is 22.1 Å². The van der Waals surface area contributed by atoms with Crippen LogP contribution >= 0.6 is 0 Å². The number of benzene rings is 1. The largest absolute Gasteiger partial charge is 0.353 e. The van der Waals surface area contributed by atoms with Gasteiger partial charge >= 0.3 is 0 Å². The van der Waals surface area contributed by atoms with E-state index >= 15 is 0 Å².